The summed E-state index contributed by atoms with van der Waals surface area (Å²) in [7, 11) is 2.79. The van der Waals surface area contributed by atoms with Crippen LogP contribution in [0, 0.1) is 0 Å². The van der Waals surface area contributed by atoms with Crippen LogP contribution < -0.4 is 9.47 Å². The van der Waals surface area contributed by atoms with Crippen molar-refractivity contribution < 1.29 is 24.1 Å². The van der Waals surface area contributed by atoms with Crippen molar-refractivity contribution in [2.75, 3.05) is 14.2 Å². The van der Waals surface area contributed by atoms with Crippen LogP contribution in [0.25, 0.3) is 0 Å². The van der Waals surface area contributed by atoms with Crippen molar-refractivity contribution in [3.05, 3.63) is 23.8 Å². The maximum Gasteiger partial charge on any atom is 0.346 e. The van der Waals surface area contributed by atoms with Crippen LogP contribution in [-0.2, 0) is 16.1 Å². The van der Waals surface area contributed by atoms with Gasteiger partial charge in [0.05, 0.1) is 20.8 Å². The lowest BCUT2D eigenvalue weighted by Gasteiger charge is -2.15. The van der Waals surface area contributed by atoms with Crippen LogP contribution in [0.1, 0.15) is 12.5 Å². The lowest BCUT2D eigenvalue weighted by molar-refractivity contribution is -0.147. The summed E-state index contributed by atoms with van der Waals surface area (Å²) in [6, 6.07) is 4.99. The topological polar surface area (TPSA) is 65.0 Å². The molecule has 0 aliphatic heterocycles. The standard InChI is InChI=1S/C12H16O5/c1-8(12(14)16-3)17-10-5-4-9(7-13)6-11(10)15-2/h4-6,8,13H,7H2,1-3H3. The van der Waals surface area contributed by atoms with E-state index >= 15 is 0 Å². The first kappa shape index (κ1) is 13.3. The van der Waals surface area contributed by atoms with Crippen LogP contribution in [0.3, 0.4) is 0 Å². The van der Waals surface area contributed by atoms with Crippen LogP contribution >= 0.6 is 0 Å². The second-order valence-corrected chi connectivity index (χ2v) is 3.43. The molecule has 5 heteroatoms. The van der Waals surface area contributed by atoms with E-state index < -0.39 is 12.1 Å². The largest absolute Gasteiger partial charge is 0.493 e. The average molecular weight is 240 g/mol. The summed E-state index contributed by atoms with van der Waals surface area (Å²) < 4.78 is 15.1. The van der Waals surface area contributed by atoms with E-state index in [0.717, 1.165) is 0 Å². The number of ether oxygens (including phenoxy) is 3. The number of esters is 1. The maximum absolute atomic E-state index is 11.2. The van der Waals surface area contributed by atoms with Gasteiger partial charge in [0.1, 0.15) is 0 Å². The molecule has 0 amide bonds. The Balaban J connectivity index is 2.87. The van der Waals surface area contributed by atoms with Crippen molar-refractivity contribution in [1.82, 2.24) is 0 Å². The van der Waals surface area contributed by atoms with Crippen molar-refractivity contribution in [2.24, 2.45) is 0 Å². The number of aliphatic hydroxyl groups excluding tert-OH is 1. The highest BCUT2D eigenvalue weighted by Crippen LogP contribution is 2.29. The predicted molar refractivity (Wildman–Crippen MR) is 61.0 cm³/mol. The molecule has 0 aliphatic rings. The zero-order valence-corrected chi connectivity index (χ0v) is 10.1. The quantitative estimate of drug-likeness (QED) is 0.781. The number of carbonyl (C=O) groups is 1. The Hall–Kier alpha value is -1.75. The lowest BCUT2D eigenvalue weighted by atomic mass is 10.2. The first-order valence-corrected chi connectivity index (χ1v) is 5.14. The summed E-state index contributed by atoms with van der Waals surface area (Å²) in [6.07, 6.45) is -0.714. The number of rotatable bonds is 5. The Morgan fingerprint density at radius 1 is 1.35 bits per heavy atom. The van der Waals surface area contributed by atoms with Crippen molar-refractivity contribution in [1.29, 1.82) is 0 Å². The van der Waals surface area contributed by atoms with Gasteiger partial charge in [0.2, 0.25) is 0 Å². The Kier molecular flexibility index (Phi) is 4.78. The second kappa shape index (κ2) is 6.10. The highest BCUT2D eigenvalue weighted by Gasteiger charge is 2.17. The van der Waals surface area contributed by atoms with Gasteiger partial charge in [0, 0.05) is 0 Å². The molecule has 0 saturated carbocycles. The van der Waals surface area contributed by atoms with E-state index in [1.807, 2.05) is 0 Å². The van der Waals surface area contributed by atoms with E-state index in [2.05, 4.69) is 4.74 Å². The fraction of sp³-hybridized carbons (Fsp3) is 0.417. The molecule has 0 saturated heterocycles. The van der Waals surface area contributed by atoms with Crippen LogP contribution in [-0.4, -0.2) is 31.4 Å². The number of hydrogen-bond donors (Lipinski definition) is 1. The van der Waals surface area contributed by atoms with Crippen LogP contribution in [0.4, 0.5) is 0 Å². The van der Waals surface area contributed by atoms with Gasteiger partial charge in [0.25, 0.3) is 0 Å². The zero-order valence-electron chi connectivity index (χ0n) is 10.1. The molecule has 5 nitrogen and oxygen atoms in total. The Morgan fingerprint density at radius 3 is 2.59 bits per heavy atom. The summed E-state index contributed by atoms with van der Waals surface area (Å²) >= 11 is 0. The fourth-order valence-electron chi connectivity index (χ4n) is 1.31. The maximum atomic E-state index is 11.2. The third kappa shape index (κ3) is 3.35. The van der Waals surface area contributed by atoms with Gasteiger partial charge < -0.3 is 19.3 Å². The van der Waals surface area contributed by atoms with Gasteiger partial charge in [0.15, 0.2) is 17.6 Å². The van der Waals surface area contributed by atoms with Crippen LogP contribution in [0.15, 0.2) is 18.2 Å². The van der Waals surface area contributed by atoms with Gasteiger partial charge in [-0.2, -0.15) is 0 Å². The van der Waals surface area contributed by atoms with Crippen molar-refractivity contribution >= 4 is 5.97 Å². The molecule has 0 spiro atoms. The number of hydrogen-bond acceptors (Lipinski definition) is 5. The van der Waals surface area contributed by atoms with Crippen molar-refractivity contribution in [3.8, 4) is 11.5 Å². The third-order valence-corrected chi connectivity index (χ3v) is 2.25. The highest BCUT2D eigenvalue weighted by molar-refractivity contribution is 5.74. The molecule has 0 bridgehead atoms. The highest BCUT2D eigenvalue weighted by atomic mass is 16.6. The number of carbonyl (C=O) groups excluding carboxylic acids is 1. The van der Waals surface area contributed by atoms with E-state index in [-0.39, 0.29) is 6.61 Å². The molecular weight excluding hydrogens is 224 g/mol. The van der Waals surface area contributed by atoms with E-state index in [9.17, 15) is 4.79 Å². The Labute approximate surface area is 99.9 Å². The second-order valence-electron chi connectivity index (χ2n) is 3.43. The molecule has 1 aromatic rings. The van der Waals surface area contributed by atoms with Gasteiger partial charge in [-0.15, -0.1) is 0 Å². The SMILES string of the molecule is COC(=O)C(C)Oc1ccc(CO)cc1OC. The molecule has 1 N–H and O–H groups in total. The number of aliphatic hydroxyl groups is 1. The Morgan fingerprint density at radius 2 is 2.06 bits per heavy atom. The van der Waals surface area contributed by atoms with E-state index in [1.54, 1.807) is 25.1 Å². The molecule has 1 aromatic carbocycles. The van der Waals surface area contributed by atoms with E-state index in [1.165, 1.54) is 14.2 Å². The van der Waals surface area contributed by atoms with E-state index in [0.29, 0.717) is 17.1 Å². The number of methoxy groups -OCH3 is 2. The minimum absolute atomic E-state index is 0.0802. The predicted octanol–water partition coefficient (Wildman–Crippen LogP) is 1.13. The van der Waals surface area contributed by atoms with Crippen molar-refractivity contribution in [3.63, 3.8) is 0 Å². The molecule has 0 fully saturated rings. The van der Waals surface area contributed by atoms with Gasteiger partial charge in [-0.3, -0.25) is 0 Å². The monoisotopic (exact) mass is 240 g/mol. The smallest absolute Gasteiger partial charge is 0.346 e. The molecule has 0 radical (unpaired) electrons. The third-order valence-electron chi connectivity index (χ3n) is 2.25. The summed E-state index contributed by atoms with van der Waals surface area (Å²) in [6.45, 7) is 1.51. The molecule has 1 atom stereocenters. The first-order valence-electron chi connectivity index (χ1n) is 5.14. The molecule has 0 heterocycles. The van der Waals surface area contributed by atoms with Gasteiger partial charge in [-0.25, -0.2) is 4.79 Å². The summed E-state index contributed by atoms with van der Waals surface area (Å²) in [5.74, 6) is 0.438. The molecular formula is C12H16O5. The minimum atomic E-state index is -0.714. The van der Waals surface area contributed by atoms with Crippen molar-refractivity contribution in [2.45, 2.75) is 19.6 Å². The molecule has 1 unspecified atom stereocenters. The molecule has 94 valence electrons. The van der Waals surface area contributed by atoms with Gasteiger partial charge in [-0.05, 0) is 24.6 Å². The minimum Gasteiger partial charge on any atom is -0.493 e. The molecule has 17 heavy (non-hydrogen) atoms. The lowest BCUT2D eigenvalue weighted by Crippen LogP contribution is -2.25. The number of benzene rings is 1. The first-order chi connectivity index (χ1) is 8.12. The molecule has 0 aromatic heterocycles. The summed E-state index contributed by atoms with van der Waals surface area (Å²) in [5.41, 5.74) is 0.708. The summed E-state index contributed by atoms with van der Waals surface area (Å²) in [4.78, 5) is 11.2. The Bertz CT molecular complexity index is 388. The summed E-state index contributed by atoms with van der Waals surface area (Å²) in [5, 5.41) is 8.99. The normalized spacial score (nSPS) is 11.8. The zero-order chi connectivity index (χ0) is 12.8. The molecule has 1 rings (SSSR count). The molecule has 0 aliphatic carbocycles. The van der Waals surface area contributed by atoms with Crippen LogP contribution in [0.2, 0.25) is 0 Å². The fourth-order valence-corrected chi connectivity index (χ4v) is 1.31. The average Bonchev–Trinajstić information content (AvgIpc) is 2.37. The van der Waals surface area contributed by atoms with Gasteiger partial charge in [-0.1, -0.05) is 6.07 Å². The van der Waals surface area contributed by atoms with Crippen LogP contribution in [0.5, 0.6) is 11.5 Å². The van der Waals surface area contributed by atoms with Gasteiger partial charge >= 0.3 is 5.97 Å². The van der Waals surface area contributed by atoms with E-state index in [4.69, 9.17) is 14.6 Å².